The molecule has 0 spiro atoms. The summed E-state index contributed by atoms with van der Waals surface area (Å²) >= 11 is 0. The van der Waals surface area contributed by atoms with E-state index in [0.717, 1.165) is 62.3 Å². The summed E-state index contributed by atoms with van der Waals surface area (Å²) in [4.78, 5) is 22.3. The normalized spacial score (nSPS) is 16.7. The van der Waals surface area contributed by atoms with Crippen LogP contribution in [0.4, 0.5) is 5.69 Å². The van der Waals surface area contributed by atoms with E-state index in [0.29, 0.717) is 24.6 Å². The molecule has 0 unspecified atom stereocenters. The van der Waals surface area contributed by atoms with Gasteiger partial charge in [-0.3, -0.25) is 4.79 Å². The van der Waals surface area contributed by atoms with Crippen molar-refractivity contribution in [1.82, 2.24) is 30.0 Å². The molecule has 1 atom stereocenters. The van der Waals surface area contributed by atoms with Gasteiger partial charge in [-0.15, -0.1) is 10.2 Å². The van der Waals surface area contributed by atoms with E-state index < -0.39 is 0 Å². The number of hydrogen-bond acceptors (Lipinski definition) is 8. The van der Waals surface area contributed by atoms with Crippen molar-refractivity contribution in [2.75, 3.05) is 51.8 Å². The number of anilines is 1. The topological polar surface area (TPSA) is 88.8 Å². The van der Waals surface area contributed by atoms with Crippen LogP contribution in [-0.2, 0) is 13.1 Å². The highest BCUT2D eigenvalue weighted by molar-refractivity contribution is 6.00. The van der Waals surface area contributed by atoms with E-state index in [1.807, 2.05) is 35.2 Å². The summed E-state index contributed by atoms with van der Waals surface area (Å²) in [6.45, 7) is 8.53. The molecule has 0 bridgehead atoms. The van der Waals surface area contributed by atoms with E-state index in [1.54, 1.807) is 19.0 Å². The summed E-state index contributed by atoms with van der Waals surface area (Å²) in [5, 5.41) is 11.9. The molecule has 5 rings (SSSR count). The van der Waals surface area contributed by atoms with Gasteiger partial charge in [0.25, 0.3) is 5.91 Å². The standard InChI is InChI=1S/C27H35N7O3/c1-4-31-13-15-32(16-14-31)24-8-5-7-21-22(24)18-33(27(21)35)23(9-6-12-34-29-19-28-30-34)20-10-11-25(36-2)26(17-20)37-3/h5,7-8,10-11,17,19,23H,4,6,9,12-16,18H2,1-3H3/t23-/m1/s1. The van der Waals surface area contributed by atoms with Gasteiger partial charge in [0.05, 0.1) is 26.8 Å². The molecule has 1 fully saturated rings. The SMILES string of the molecule is CCN1CCN(c2cccc3c2CN([C@H](CCCn2ncnn2)c2ccc(OC)c(OC)c2)C3=O)CC1. The zero-order valence-corrected chi connectivity index (χ0v) is 21.8. The minimum absolute atomic E-state index is 0.0720. The summed E-state index contributed by atoms with van der Waals surface area (Å²) < 4.78 is 11.0. The zero-order chi connectivity index (χ0) is 25.8. The molecule has 2 aliphatic heterocycles. The summed E-state index contributed by atoms with van der Waals surface area (Å²) in [6.07, 6.45) is 2.98. The Kier molecular flexibility index (Phi) is 7.55. The highest BCUT2D eigenvalue weighted by atomic mass is 16.5. The second-order valence-corrected chi connectivity index (χ2v) is 9.46. The van der Waals surface area contributed by atoms with Gasteiger partial charge in [0.1, 0.15) is 0 Å². The van der Waals surface area contributed by atoms with E-state index in [9.17, 15) is 4.79 Å². The Morgan fingerprint density at radius 3 is 2.54 bits per heavy atom. The van der Waals surface area contributed by atoms with E-state index in [1.165, 1.54) is 12.0 Å². The molecule has 2 aliphatic rings. The molecular formula is C27H35N7O3. The van der Waals surface area contributed by atoms with E-state index in [2.05, 4.69) is 38.2 Å². The molecule has 10 heteroatoms. The van der Waals surface area contributed by atoms with Gasteiger partial charge in [0.15, 0.2) is 17.8 Å². The second kappa shape index (κ2) is 11.2. The van der Waals surface area contributed by atoms with Crippen molar-refractivity contribution < 1.29 is 14.3 Å². The first kappa shape index (κ1) is 25.0. The number of fused-ring (bicyclic) bond motifs is 1. The van der Waals surface area contributed by atoms with Crippen LogP contribution < -0.4 is 14.4 Å². The number of piperazine rings is 1. The van der Waals surface area contributed by atoms with Crippen LogP contribution in [0.2, 0.25) is 0 Å². The van der Waals surface area contributed by atoms with Crippen LogP contribution in [0.5, 0.6) is 11.5 Å². The molecule has 0 aliphatic carbocycles. The molecule has 37 heavy (non-hydrogen) atoms. The third-order valence-electron chi connectivity index (χ3n) is 7.53. The first-order valence-corrected chi connectivity index (χ1v) is 13.0. The maximum absolute atomic E-state index is 13.8. The minimum atomic E-state index is -0.131. The van der Waals surface area contributed by atoms with Gasteiger partial charge in [0, 0.05) is 49.5 Å². The number of amides is 1. The molecule has 0 radical (unpaired) electrons. The highest BCUT2D eigenvalue weighted by Gasteiger charge is 2.36. The number of ether oxygens (including phenoxy) is 2. The first-order valence-electron chi connectivity index (χ1n) is 13.0. The number of benzene rings is 2. The summed E-state index contributed by atoms with van der Waals surface area (Å²) in [5.74, 6) is 1.39. The number of carbonyl (C=O) groups is 1. The molecule has 0 saturated carbocycles. The fourth-order valence-electron chi connectivity index (χ4n) is 5.47. The smallest absolute Gasteiger partial charge is 0.255 e. The minimum Gasteiger partial charge on any atom is -0.493 e. The third-order valence-corrected chi connectivity index (χ3v) is 7.53. The average molecular weight is 506 g/mol. The Hall–Kier alpha value is -3.66. The van der Waals surface area contributed by atoms with E-state index in [-0.39, 0.29) is 11.9 Å². The summed E-state index contributed by atoms with van der Waals surface area (Å²) in [7, 11) is 3.26. The lowest BCUT2D eigenvalue weighted by Crippen LogP contribution is -2.46. The van der Waals surface area contributed by atoms with Crippen molar-refractivity contribution in [1.29, 1.82) is 0 Å². The largest absolute Gasteiger partial charge is 0.493 e. The first-order chi connectivity index (χ1) is 18.1. The number of aromatic nitrogens is 4. The zero-order valence-electron chi connectivity index (χ0n) is 21.8. The Labute approximate surface area is 217 Å². The molecule has 2 aromatic carbocycles. The van der Waals surface area contributed by atoms with E-state index >= 15 is 0 Å². The van der Waals surface area contributed by atoms with Crippen LogP contribution in [0.1, 0.15) is 47.3 Å². The summed E-state index contributed by atoms with van der Waals surface area (Å²) in [5.41, 5.74) is 4.13. The number of aryl methyl sites for hydroxylation is 1. The molecule has 196 valence electrons. The molecule has 3 aromatic rings. The number of hydrogen-bond donors (Lipinski definition) is 0. The van der Waals surface area contributed by atoms with Crippen molar-refractivity contribution in [2.45, 2.75) is 38.9 Å². The lowest BCUT2D eigenvalue weighted by atomic mass is 9.99. The fourth-order valence-corrected chi connectivity index (χ4v) is 5.47. The molecular weight excluding hydrogens is 470 g/mol. The van der Waals surface area contributed by atoms with Gasteiger partial charge in [-0.2, -0.15) is 4.80 Å². The second-order valence-electron chi connectivity index (χ2n) is 9.46. The maximum atomic E-state index is 13.8. The van der Waals surface area contributed by atoms with Gasteiger partial charge in [0.2, 0.25) is 0 Å². The molecule has 1 aromatic heterocycles. The monoisotopic (exact) mass is 505 g/mol. The Morgan fingerprint density at radius 1 is 1.03 bits per heavy atom. The predicted octanol–water partition coefficient (Wildman–Crippen LogP) is 3.01. The third kappa shape index (κ3) is 5.11. The number of carbonyl (C=O) groups excluding carboxylic acids is 1. The predicted molar refractivity (Wildman–Crippen MR) is 140 cm³/mol. The van der Waals surface area contributed by atoms with Gasteiger partial charge in [-0.25, -0.2) is 0 Å². The maximum Gasteiger partial charge on any atom is 0.255 e. The lowest BCUT2D eigenvalue weighted by Gasteiger charge is -2.36. The van der Waals surface area contributed by atoms with Crippen molar-refractivity contribution in [3.05, 3.63) is 59.4 Å². The van der Waals surface area contributed by atoms with Gasteiger partial charge in [-0.1, -0.05) is 19.1 Å². The van der Waals surface area contributed by atoms with Crippen LogP contribution in [0.15, 0.2) is 42.7 Å². The van der Waals surface area contributed by atoms with Crippen LogP contribution in [0.25, 0.3) is 0 Å². The Balaban J connectivity index is 1.42. The number of nitrogens with zero attached hydrogens (tertiary/aromatic N) is 7. The molecule has 1 saturated heterocycles. The molecule has 0 N–H and O–H groups in total. The highest BCUT2D eigenvalue weighted by Crippen LogP contribution is 2.40. The Bertz CT molecular complexity index is 1210. The fraction of sp³-hybridized carbons (Fsp3) is 0.481. The number of rotatable bonds is 10. The van der Waals surface area contributed by atoms with E-state index in [4.69, 9.17) is 9.47 Å². The summed E-state index contributed by atoms with van der Waals surface area (Å²) in [6, 6.07) is 11.9. The van der Waals surface area contributed by atoms with Crippen LogP contribution in [0.3, 0.4) is 0 Å². The van der Waals surface area contributed by atoms with Crippen LogP contribution in [-0.4, -0.2) is 82.9 Å². The van der Waals surface area contributed by atoms with Crippen LogP contribution >= 0.6 is 0 Å². The van der Waals surface area contributed by atoms with Gasteiger partial charge < -0.3 is 24.2 Å². The lowest BCUT2D eigenvalue weighted by molar-refractivity contribution is 0.0687. The number of tetrazole rings is 1. The molecule has 1 amide bonds. The Morgan fingerprint density at radius 2 is 1.84 bits per heavy atom. The van der Waals surface area contributed by atoms with Gasteiger partial charge in [-0.05, 0) is 54.4 Å². The average Bonchev–Trinajstić information content (AvgIpc) is 3.58. The van der Waals surface area contributed by atoms with Gasteiger partial charge >= 0.3 is 0 Å². The number of likely N-dealkylation sites (N-methyl/N-ethyl adjacent to an activating group) is 1. The van der Waals surface area contributed by atoms with Crippen LogP contribution in [0, 0.1) is 0 Å². The van der Waals surface area contributed by atoms with Crippen molar-refractivity contribution in [3.63, 3.8) is 0 Å². The molecule has 3 heterocycles. The van der Waals surface area contributed by atoms with Crippen molar-refractivity contribution in [3.8, 4) is 11.5 Å². The van der Waals surface area contributed by atoms with Crippen molar-refractivity contribution in [2.24, 2.45) is 0 Å². The quantitative estimate of drug-likeness (QED) is 0.416. The molecule has 10 nitrogen and oxygen atoms in total. The number of methoxy groups -OCH3 is 2. The van der Waals surface area contributed by atoms with Crippen molar-refractivity contribution >= 4 is 11.6 Å².